The average molecular weight is 397 g/mol. The molecule has 0 radical (unpaired) electrons. The van der Waals surface area contributed by atoms with E-state index in [0.717, 1.165) is 11.3 Å². The van der Waals surface area contributed by atoms with Crippen LogP contribution in [0.2, 0.25) is 5.02 Å². The summed E-state index contributed by atoms with van der Waals surface area (Å²) in [7, 11) is 1.56. The fraction of sp³-hybridized carbons (Fsp3) is 0.190. The molecule has 0 bridgehead atoms. The first-order valence-electron chi connectivity index (χ1n) is 8.81. The van der Waals surface area contributed by atoms with Crippen LogP contribution in [0.5, 0.6) is 5.75 Å². The third-order valence-electron chi connectivity index (χ3n) is 4.15. The molecular weight excluding hydrogens is 376 g/mol. The molecule has 0 spiro atoms. The van der Waals surface area contributed by atoms with Crippen LogP contribution < -0.4 is 15.4 Å². The number of nitrogens with zero attached hydrogens (tertiary/aromatic N) is 2. The highest BCUT2D eigenvalue weighted by atomic mass is 35.5. The zero-order chi connectivity index (χ0) is 20.1. The largest absolute Gasteiger partial charge is 0.495 e. The molecule has 144 valence electrons. The third-order valence-corrected chi connectivity index (χ3v) is 4.45. The molecule has 7 heteroatoms. The Balaban J connectivity index is 1.70. The number of rotatable bonds is 6. The lowest BCUT2D eigenvalue weighted by Crippen LogP contribution is -2.14. The van der Waals surface area contributed by atoms with Gasteiger partial charge in [0.15, 0.2) is 0 Å². The van der Waals surface area contributed by atoms with Crippen molar-refractivity contribution >= 4 is 34.8 Å². The second kappa shape index (κ2) is 8.71. The van der Waals surface area contributed by atoms with Crippen LogP contribution in [-0.4, -0.2) is 23.0 Å². The summed E-state index contributed by atoms with van der Waals surface area (Å²) in [6, 6.07) is 13.0. The standard InChI is InChI=1S/C21H21ClN4O2/c1-13(2)16-6-4-5-7-18(16)26-20(27)14-11-23-21(24-12-14)25-15-8-9-19(28-3)17(22)10-15/h4-13H,1-3H3,(H,26,27)(H,23,24,25). The van der Waals surface area contributed by atoms with Gasteiger partial charge in [-0.1, -0.05) is 43.6 Å². The first-order chi connectivity index (χ1) is 13.5. The Morgan fingerprint density at radius 2 is 1.82 bits per heavy atom. The zero-order valence-corrected chi connectivity index (χ0v) is 16.6. The van der Waals surface area contributed by atoms with E-state index in [1.54, 1.807) is 25.3 Å². The summed E-state index contributed by atoms with van der Waals surface area (Å²) in [5.74, 6) is 0.991. The number of aromatic nitrogens is 2. The van der Waals surface area contributed by atoms with Crippen LogP contribution in [0.3, 0.4) is 0 Å². The van der Waals surface area contributed by atoms with Crippen molar-refractivity contribution in [3.05, 3.63) is 71.0 Å². The van der Waals surface area contributed by atoms with Gasteiger partial charge in [-0.15, -0.1) is 0 Å². The minimum atomic E-state index is -0.257. The highest BCUT2D eigenvalue weighted by Crippen LogP contribution is 2.28. The predicted octanol–water partition coefficient (Wildman–Crippen LogP) is 5.26. The number of hydrogen-bond acceptors (Lipinski definition) is 5. The van der Waals surface area contributed by atoms with E-state index in [1.165, 1.54) is 12.4 Å². The Bertz CT molecular complexity index is 974. The number of halogens is 1. The summed E-state index contributed by atoms with van der Waals surface area (Å²) in [6.07, 6.45) is 2.96. The number of amides is 1. The quantitative estimate of drug-likeness (QED) is 0.594. The predicted molar refractivity (Wildman–Crippen MR) is 112 cm³/mol. The fourth-order valence-electron chi connectivity index (χ4n) is 2.69. The minimum absolute atomic E-state index is 0.257. The second-order valence-electron chi connectivity index (χ2n) is 6.47. The number of ether oxygens (including phenoxy) is 1. The molecule has 0 aliphatic carbocycles. The molecular formula is C21H21ClN4O2. The van der Waals surface area contributed by atoms with Gasteiger partial charge in [-0.05, 0) is 35.7 Å². The highest BCUT2D eigenvalue weighted by Gasteiger charge is 2.12. The van der Waals surface area contributed by atoms with Gasteiger partial charge in [-0.25, -0.2) is 9.97 Å². The molecule has 1 aromatic heterocycles. The SMILES string of the molecule is COc1ccc(Nc2ncc(C(=O)Nc3ccccc3C(C)C)cn2)cc1Cl. The lowest BCUT2D eigenvalue weighted by molar-refractivity contribution is 0.102. The molecule has 0 atom stereocenters. The molecule has 0 aliphatic heterocycles. The molecule has 3 rings (SSSR count). The monoisotopic (exact) mass is 396 g/mol. The van der Waals surface area contributed by atoms with E-state index in [9.17, 15) is 4.79 Å². The van der Waals surface area contributed by atoms with Gasteiger partial charge in [-0.2, -0.15) is 0 Å². The topological polar surface area (TPSA) is 76.1 Å². The lowest BCUT2D eigenvalue weighted by atomic mass is 10.0. The number of methoxy groups -OCH3 is 1. The van der Waals surface area contributed by atoms with Gasteiger partial charge in [0, 0.05) is 23.8 Å². The van der Waals surface area contributed by atoms with Crippen molar-refractivity contribution in [3.8, 4) is 5.75 Å². The Hall–Kier alpha value is -3.12. The van der Waals surface area contributed by atoms with Gasteiger partial charge in [0.25, 0.3) is 5.91 Å². The molecule has 2 N–H and O–H groups in total. The number of hydrogen-bond donors (Lipinski definition) is 2. The van der Waals surface area contributed by atoms with Gasteiger partial charge >= 0.3 is 0 Å². The first-order valence-corrected chi connectivity index (χ1v) is 9.18. The zero-order valence-electron chi connectivity index (χ0n) is 15.9. The molecule has 28 heavy (non-hydrogen) atoms. The summed E-state index contributed by atoms with van der Waals surface area (Å²) in [6.45, 7) is 4.17. The van der Waals surface area contributed by atoms with E-state index in [-0.39, 0.29) is 5.91 Å². The summed E-state index contributed by atoms with van der Waals surface area (Å²) < 4.78 is 5.13. The molecule has 0 saturated carbocycles. The van der Waals surface area contributed by atoms with Crippen molar-refractivity contribution in [1.82, 2.24) is 9.97 Å². The van der Waals surface area contributed by atoms with Crippen LogP contribution in [0, 0.1) is 0 Å². The Kier molecular flexibility index (Phi) is 6.11. The van der Waals surface area contributed by atoms with Gasteiger partial charge in [-0.3, -0.25) is 4.79 Å². The summed E-state index contributed by atoms with van der Waals surface area (Å²) in [5.41, 5.74) is 2.95. The van der Waals surface area contributed by atoms with Crippen LogP contribution in [0.1, 0.15) is 35.7 Å². The maximum Gasteiger partial charge on any atom is 0.258 e. The number of nitrogens with one attached hydrogen (secondary N) is 2. The van der Waals surface area contributed by atoms with Crippen LogP contribution in [-0.2, 0) is 0 Å². The Morgan fingerprint density at radius 3 is 2.46 bits per heavy atom. The molecule has 0 aliphatic rings. The summed E-state index contributed by atoms with van der Waals surface area (Å²) in [5, 5.41) is 6.45. The number of para-hydroxylation sites is 1. The number of carbonyl (C=O) groups is 1. The van der Waals surface area contributed by atoms with Crippen LogP contribution >= 0.6 is 11.6 Å². The van der Waals surface area contributed by atoms with Crippen molar-refractivity contribution in [2.24, 2.45) is 0 Å². The summed E-state index contributed by atoms with van der Waals surface area (Å²) in [4.78, 5) is 20.9. The smallest absolute Gasteiger partial charge is 0.258 e. The van der Waals surface area contributed by atoms with Crippen LogP contribution in [0.4, 0.5) is 17.3 Å². The lowest BCUT2D eigenvalue weighted by Gasteiger charge is -2.13. The molecule has 3 aromatic rings. The van der Waals surface area contributed by atoms with Gasteiger partial charge in [0.1, 0.15) is 5.75 Å². The number of carbonyl (C=O) groups excluding carboxylic acids is 1. The van der Waals surface area contributed by atoms with Crippen molar-refractivity contribution in [2.75, 3.05) is 17.7 Å². The minimum Gasteiger partial charge on any atom is -0.495 e. The molecule has 2 aromatic carbocycles. The number of benzene rings is 2. The summed E-state index contributed by atoms with van der Waals surface area (Å²) >= 11 is 6.12. The van der Waals surface area contributed by atoms with Crippen LogP contribution in [0.25, 0.3) is 0 Å². The van der Waals surface area contributed by atoms with Gasteiger partial charge in [0.2, 0.25) is 5.95 Å². The highest BCUT2D eigenvalue weighted by molar-refractivity contribution is 6.32. The van der Waals surface area contributed by atoms with Crippen molar-refractivity contribution in [2.45, 2.75) is 19.8 Å². The van der Waals surface area contributed by atoms with Crippen molar-refractivity contribution in [1.29, 1.82) is 0 Å². The van der Waals surface area contributed by atoms with Crippen molar-refractivity contribution in [3.63, 3.8) is 0 Å². The second-order valence-corrected chi connectivity index (χ2v) is 6.87. The fourth-order valence-corrected chi connectivity index (χ4v) is 2.95. The maximum absolute atomic E-state index is 12.5. The average Bonchev–Trinajstić information content (AvgIpc) is 2.69. The van der Waals surface area contributed by atoms with E-state index in [1.807, 2.05) is 24.3 Å². The van der Waals surface area contributed by atoms with Gasteiger partial charge in [0.05, 0.1) is 17.7 Å². The molecule has 0 saturated heterocycles. The molecule has 0 fully saturated rings. The Labute approximate surface area is 168 Å². The molecule has 0 unspecified atom stereocenters. The number of anilines is 3. The molecule has 6 nitrogen and oxygen atoms in total. The molecule has 1 heterocycles. The van der Waals surface area contributed by atoms with Gasteiger partial charge < -0.3 is 15.4 Å². The van der Waals surface area contributed by atoms with Crippen molar-refractivity contribution < 1.29 is 9.53 Å². The third kappa shape index (κ3) is 4.58. The normalized spacial score (nSPS) is 10.6. The first kappa shape index (κ1) is 19.6. The van der Waals surface area contributed by atoms with Crippen LogP contribution in [0.15, 0.2) is 54.9 Å². The molecule has 1 amide bonds. The Morgan fingerprint density at radius 1 is 1.11 bits per heavy atom. The van der Waals surface area contributed by atoms with E-state index < -0.39 is 0 Å². The van der Waals surface area contributed by atoms with E-state index >= 15 is 0 Å². The maximum atomic E-state index is 12.5. The van der Waals surface area contributed by atoms with E-state index in [4.69, 9.17) is 16.3 Å². The van der Waals surface area contributed by atoms with E-state index in [0.29, 0.717) is 33.9 Å². The van der Waals surface area contributed by atoms with E-state index in [2.05, 4.69) is 34.4 Å².